The second kappa shape index (κ2) is 5.56. The molecule has 88 valence electrons. The molecule has 0 bridgehead atoms. The van der Waals surface area contributed by atoms with E-state index in [2.05, 4.69) is 15.9 Å². The minimum atomic E-state index is -0.208. The minimum Gasteiger partial charge on any atom is -0.398 e. The summed E-state index contributed by atoms with van der Waals surface area (Å²) < 4.78 is 13.7. The second-order valence-electron chi connectivity index (χ2n) is 3.60. The van der Waals surface area contributed by atoms with E-state index in [9.17, 15) is 4.39 Å². The summed E-state index contributed by atoms with van der Waals surface area (Å²) in [4.78, 5) is 1.03. The van der Waals surface area contributed by atoms with Crippen molar-refractivity contribution >= 4 is 33.4 Å². The van der Waals surface area contributed by atoms with E-state index in [1.54, 1.807) is 23.9 Å². The van der Waals surface area contributed by atoms with Crippen molar-refractivity contribution in [2.45, 2.75) is 10.6 Å². The Labute approximate surface area is 112 Å². The molecule has 0 aliphatic carbocycles. The van der Waals surface area contributed by atoms with Crippen LogP contribution in [0.3, 0.4) is 0 Å². The Hall–Kier alpha value is -1.00. The van der Waals surface area contributed by atoms with Crippen LogP contribution in [0, 0.1) is 5.82 Å². The van der Waals surface area contributed by atoms with Crippen LogP contribution in [0.15, 0.2) is 51.8 Å². The molecule has 2 rings (SSSR count). The van der Waals surface area contributed by atoms with E-state index < -0.39 is 0 Å². The molecular formula is C13H11BrFNS. The number of hydrogen-bond donors (Lipinski definition) is 1. The lowest BCUT2D eigenvalue weighted by Gasteiger charge is -2.06. The van der Waals surface area contributed by atoms with Gasteiger partial charge in [-0.05, 0) is 35.9 Å². The maximum absolute atomic E-state index is 12.7. The first kappa shape index (κ1) is 12.5. The van der Waals surface area contributed by atoms with Crippen LogP contribution < -0.4 is 5.73 Å². The SMILES string of the molecule is Nc1ccc(Br)cc1SCc1ccc(F)cc1. The molecule has 0 fully saturated rings. The molecule has 2 aromatic rings. The zero-order valence-corrected chi connectivity index (χ0v) is 11.4. The molecule has 4 heteroatoms. The van der Waals surface area contributed by atoms with Gasteiger partial charge in [0.1, 0.15) is 5.82 Å². The molecule has 0 aliphatic rings. The molecule has 0 aromatic heterocycles. The summed E-state index contributed by atoms with van der Waals surface area (Å²) >= 11 is 5.06. The number of nitrogens with two attached hydrogens (primary N) is 1. The fraction of sp³-hybridized carbons (Fsp3) is 0.0769. The standard InChI is InChI=1S/C13H11BrFNS/c14-10-3-6-12(16)13(7-10)17-8-9-1-4-11(15)5-2-9/h1-7H,8,16H2. The number of hydrogen-bond acceptors (Lipinski definition) is 2. The molecule has 0 atom stereocenters. The highest BCUT2D eigenvalue weighted by atomic mass is 79.9. The number of nitrogen functional groups attached to an aromatic ring is 1. The Bertz CT molecular complexity index is 513. The van der Waals surface area contributed by atoms with Crippen molar-refractivity contribution in [2.75, 3.05) is 5.73 Å². The molecule has 1 nitrogen and oxygen atoms in total. The molecule has 17 heavy (non-hydrogen) atoms. The first-order valence-corrected chi connectivity index (χ1v) is 6.85. The van der Waals surface area contributed by atoms with Crippen LogP contribution in [0.2, 0.25) is 0 Å². The highest BCUT2D eigenvalue weighted by Gasteiger charge is 2.02. The molecule has 0 saturated heterocycles. The lowest BCUT2D eigenvalue weighted by Crippen LogP contribution is -1.89. The summed E-state index contributed by atoms with van der Waals surface area (Å²) in [6.45, 7) is 0. The molecule has 0 heterocycles. The first-order chi connectivity index (χ1) is 8.15. The minimum absolute atomic E-state index is 0.208. The van der Waals surface area contributed by atoms with Gasteiger partial charge in [-0.15, -0.1) is 11.8 Å². The van der Waals surface area contributed by atoms with E-state index in [-0.39, 0.29) is 5.82 Å². The largest absolute Gasteiger partial charge is 0.398 e. The highest BCUT2D eigenvalue weighted by molar-refractivity contribution is 9.10. The molecular weight excluding hydrogens is 301 g/mol. The average molecular weight is 312 g/mol. The number of rotatable bonds is 3. The van der Waals surface area contributed by atoms with Crippen molar-refractivity contribution in [3.63, 3.8) is 0 Å². The predicted molar refractivity (Wildman–Crippen MR) is 74.5 cm³/mol. The lowest BCUT2D eigenvalue weighted by molar-refractivity contribution is 0.627. The van der Waals surface area contributed by atoms with Crippen LogP contribution in [-0.4, -0.2) is 0 Å². The van der Waals surface area contributed by atoms with Gasteiger partial charge >= 0.3 is 0 Å². The Morgan fingerprint density at radius 2 is 1.82 bits per heavy atom. The van der Waals surface area contributed by atoms with Gasteiger partial charge in [-0.1, -0.05) is 28.1 Å². The van der Waals surface area contributed by atoms with E-state index in [4.69, 9.17) is 5.73 Å². The third-order valence-corrected chi connectivity index (χ3v) is 3.92. The third kappa shape index (κ3) is 3.48. The van der Waals surface area contributed by atoms with Crippen LogP contribution in [0.1, 0.15) is 5.56 Å². The highest BCUT2D eigenvalue weighted by Crippen LogP contribution is 2.30. The van der Waals surface area contributed by atoms with Gasteiger partial charge in [-0.3, -0.25) is 0 Å². The van der Waals surface area contributed by atoms with Gasteiger partial charge in [0.25, 0.3) is 0 Å². The number of halogens is 2. The number of anilines is 1. The summed E-state index contributed by atoms with van der Waals surface area (Å²) in [6, 6.07) is 12.3. The smallest absolute Gasteiger partial charge is 0.123 e. The van der Waals surface area contributed by atoms with Gasteiger partial charge < -0.3 is 5.73 Å². The fourth-order valence-corrected chi connectivity index (χ4v) is 2.85. The Kier molecular flexibility index (Phi) is 4.07. The van der Waals surface area contributed by atoms with E-state index in [0.717, 1.165) is 26.4 Å². The summed E-state index contributed by atoms with van der Waals surface area (Å²) in [6.07, 6.45) is 0. The molecule has 0 amide bonds. The van der Waals surface area contributed by atoms with Gasteiger partial charge in [-0.2, -0.15) is 0 Å². The monoisotopic (exact) mass is 311 g/mol. The normalized spacial score (nSPS) is 10.5. The molecule has 0 spiro atoms. The number of thioether (sulfide) groups is 1. The van der Waals surface area contributed by atoms with Crippen LogP contribution in [0.25, 0.3) is 0 Å². The Balaban J connectivity index is 2.07. The van der Waals surface area contributed by atoms with E-state index in [0.29, 0.717) is 0 Å². The quantitative estimate of drug-likeness (QED) is 0.669. The van der Waals surface area contributed by atoms with Gasteiger partial charge in [0.2, 0.25) is 0 Å². The summed E-state index contributed by atoms with van der Waals surface area (Å²) in [5.74, 6) is 0.571. The van der Waals surface area contributed by atoms with Crippen LogP contribution in [0.4, 0.5) is 10.1 Å². The van der Waals surface area contributed by atoms with E-state index >= 15 is 0 Å². The van der Waals surface area contributed by atoms with Gasteiger partial charge in [-0.25, -0.2) is 4.39 Å². The van der Waals surface area contributed by atoms with Crippen molar-refractivity contribution in [2.24, 2.45) is 0 Å². The molecule has 0 saturated carbocycles. The summed E-state index contributed by atoms with van der Waals surface area (Å²) in [5.41, 5.74) is 7.72. The fourth-order valence-electron chi connectivity index (χ4n) is 1.37. The topological polar surface area (TPSA) is 26.0 Å². The van der Waals surface area contributed by atoms with E-state index in [1.807, 2.05) is 18.2 Å². The van der Waals surface area contributed by atoms with Crippen molar-refractivity contribution in [3.8, 4) is 0 Å². The summed E-state index contributed by atoms with van der Waals surface area (Å²) in [7, 11) is 0. The molecule has 0 radical (unpaired) electrons. The zero-order valence-electron chi connectivity index (χ0n) is 8.99. The average Bonchev–Trinajstić information content (AvgIpc) is 2.32. The lowest BCUT2D eigenvalue weighted by atomic mass is 10.2. The molecule has 2 N–H and O–H groups in total. The van der Waals surface area contributed by atoms with Crippen molar-refractivity contribution in [1.82, 2.24) is 0 Å². The Morgan fingerprint density at radius 1 is 1.12 bits per heavy atom. The predicted octanol–water partition coefficient (Wildman–Crippen LogP) is 4.46. The van der Waals surface area contributed by atoms with Gasteiger partial charge in [0.15, 0.2) is 0 Å². The van der Waals surface area contributed by atoms with Crippen molar-refractivity contribution < 1.29 is 4.39 Å². The zero-order chi connectivity index (χ0) is 12.3. The Morgan fingerprint density at radius 3 is 2.53 bits per heavy atom. The molecule has 0 unspecified atom stereocenters. The van der Waals surface area contributed by atoms with Crippen molar-refractivity contribution in [3.05, 3.63) is 58.3 Å². The van der Waals surface area contributed by atoms with E-state index in [1.165, 1.54) is 12.1 Å². The van der Waals surface area contributed by atoms with Crippen LogP contribution in [-0.2, 0) is 5.75 Å². The van der Waals surface area contributed by atoms with Gasteiger partial charge in [0, 0.05) is 20.8 Å². The summed E-state index contributed by atoms with van der Waals surface area (Å²) in [5, 5.41) is 0. The van der Waals surface area contributed by atoms with Crippen LogP contribution in [0.5, 0.6) is 0 Å². The molecule has 2 aromatic carbocycles. The number of benzene rings is 2. The maximum Gasteiger partial charge on any atom is 0.123 e. The molecule has 0 aliphatic heterocycles. The van der Waals surface area contributed by atoms with Gasteiger partial charge in [0.05, 0.1) is 0 Å². The first-order valence-electron chi connectivity index (χ1n) is 5.07. The van der Waals surface area contributed by atoms with Crippen LogP contribution >= 0.6 is 27.7 Å². The maximum atomic E-state index is 12.7. The third-order valence-electron chi connectivity index (χ3n) is 2.28. The van der Waals surface area contributed by atoms with Crippen molar-refractivity contribution in [1.29, 1.82) is 0 Å². The second-order valence-corrected chi connectivity index (χ2v) is 5.53.